The number of alkyl halides is 3. The predicted octanol–water partition coefficient (Wildman–Crippen LogP) is 3.36. The Hall–Kier alpha value is -3.36. The highest BCUT2D eigenvalue weighted by molar-refractivity contribution is 5.79. The second kappa shape index (κ2) is 8.55. The molecule has 3 rings (SSSR count). The monoisotopic (exact) mass is 388 g/mol. The molecule has 9 heteroatoms. The molecule has 0 saturated heterocycles. The van der Waals surface area contributed by atoms with E-state index < -0.39 is 11.7 Å². The van der Waals surface area contributed by atoms with Gasteiger partial charge in [-0.1, -0.05) is 30.3 Å². The molecule has 0 fully saturated rings. The number of guanidine groups is 1. The van der Waals surface area contributed by atoms with E-state index in [2.05, 4.69) is 30.8 Å². The highest BCUT2D eigenvalue weighted by Crippen LogP contribution is 2.29. The van der Waals surface area contributed by atoms with Gasteiger partial charge in [0.2, 0.25) is 0 Å². The fourth-order valence-corrected chi connectivity index (χ4v) is 2.58. The van der Waals surface area contributed by atoms with Gasteiger partial charge in [-0.05, 0) is 29.3 Å². The highest BCUT2D eigenvalue weighted by Gasteiger charge is 2.29. The van der Waals surface area contributed by atoms with Crippen LogP contribution in [0, 0.1) is 0 Å². The lowest BCUT2D eigenvalue weighted by atomic mass is 10.1. The van der Waals surface area contributed by atoms with Crippen molar-refractivity contribution in [2.45, 2.75) is 19.3 Å². The van der Waals surface area contributed by atoms with Crippen LogP contribution in [0.15, 0.2) is 59.9 Å². The number of aromatic nitrogens is 3. The Morgan fingerprint density at radius 1 is 1.04 bits per heavy atom. The van der Waals surface area contributed by atoms with E-state index in [4.69, 9.17) is 0 Å². The maximum absolute atomic E-state index is 12.6. The first-order chi connectivity index (χ1) is 13.5. The molecule has 1 aromatic heterocycles. The number of halogens is 3. The topological polar surface area (TPSA) is 78.0 Å². The van der Waals surface area contributed by atoms with Gasteiger partial charge in [-0.15, -0.1) is 0 Å². The van der Waals surface area contributed by atoms with Gasteiger partial charge in [-0.2, -0.15) is 18.3 Å². The van der Waals surface area contributed by atoms with Crippen LogP contribution in [0.2, 0.25) is 0 Å². The molecule has 0 saturated carbocycles. The summed E-state index contributed by atoms with van der Waals surface area (Å²) in [7, 11) is 1.63. The number of rotatable bonds is 5. The molecule has 0 aliphatic carbocycles. The molecule has 0 unspecified atom stereocenters. The summed E-state index contributed by atoms with van der Waals surface area (Å²) in [6.07, 6.45) is -2.88. The van der Waals surface area contributed by atoms with Gasteiger partial charge in [0.05, 0.1) is 5.56 Å². The molecule has 6 nitrogen and oxygen atoms in total. The number of aliphatic imine (C=N–C) groups is 1. The molecule has 0 radical (unpaired) electrons. The zero-order valence-electron chi connectivity index (χ0n) is 15.1. The van der Waals surface area contributed by atoms with Gasteiger partial charge in [0.1, 0.15) is 6.33 Å². The summed E-state index contributed by atoms with van der Waals surface area (Å²) < 4.78 is 37.8. The van der Waals surface area contributed by atoms with Crippen LogP contribution < -0.4 is 10.6 Å². The van der Waals surface area contributed by atoms with Crippen molar-refractivity contribution in [3.63, 3.8) is 0 Å². The number of nitrogens with zero attached hydrogens (tertiary/aromatic N) is 3. The summed E-state index contributed by atoms with van der Waals surface area (Å²) in [6, 6.07) is 12.8. The molecule has 3 aromatic rings. The average Bonchev–Trinajstić information content (AvgIpc) is 3.23. The summed E-state index contributed by atoms with van der Waals surface area (Å²) in [5, 5.41) is 12.9. The Kier molecular flexibility index (Phi) is 5.93. The summed E-state index contributed by atoms with van der Waals surface area (Å²) in [5.74, 6) is 1.23. The van der Waals surface area contributed by atoms with Gasteiger partial charge < -0.3 is 10.6 Å². The number of aromatic amines is 1. The first-order valence-electron chi connectivity index (χ1n) is 8.51. The number of nitrogens with one attached hydrogen (secondary N) is 3. The molecular formula is C19H19F3N6. The lowest BCUT2D eigenvalue weighted by molar-refractivity contribution is -0.137. The van der Waals surface area contributed by atoms with Crippen LogP contribution in [-0.2, 0) is 19.3 Å². The molecule has 0 amide bonds. The standard InChI is InChI=1S/C19H19F3N6/c1-23-18(24-10-13-5-7-16(8-6-13)19(20,21)22)25-11-14-3-2-4-15(9-14)17-26-12-27-28-17/h2-9,12H,10-11H2,1H3,(H2,23,24,25)(H,26,27,28). The number of hydrogen-bond donors (Lipinski definition) is 3. The highest BCUT2D eigenvalue weighted by atomic mass is 19.4. The van der Waals surface area contributed by atoms with Crippen LogP contribution in [0.1, 0.15) is 16.7 Å². The molecule has 0 aliphatic heterocycles. The molecule has 3 N–H and O–H groups in total. The third kappa shape index (κ3) is 5.09. The third-order valence-electron chi connectivity index (χ3n) is 4.04. The molecule has 0 bridgehead atoms. The molecule has 0 spiro atoms. The summed E-state index contributed by atoms with van der Waals surface area (Å²) in [5.41, 5.74) is 2.00. The Morgan fingerprint density at radius 2 is 1.75 bits per heavy atom. The van der Waals surface area contributed by atoms with Crippen LogP contribution in [-0.4, -0.2) is 28.2 Å². The molecule has 28 heavy (non-hydrogen) atoms. The van der Waals surface area contributed by atoms with Crippen molar-refractivity contribution in [1.82, 2.24) is 25.8 Å². The maximum atomic E-state index is 12.6. The summed E-state index contributed by atoms with van der Waals surface area (Å²) in [6.45, 7) is 0.880. The lowest BCUT2D eigenvalue weighted by Crippen LogP contribution is -2.36. The Labute approximate surface area is 159 Å². The predicted molar refractivity (Wildman–Crippen MR) is 100 cm³/mol. The minimum absolute atomic E-state index is 0.357. The van der Waals surface area contributed by atoms with E-state index in [9.17, 15) is 13.2 Å². The molecule has 0 aliphatic rings. The van der Waals surface area contributed by atoms with E-state index in [-0.39, 0.29) is 0 Å². The number of benzene rings is 2. The largest absolute Gasteiger partial charge is 0.416 e. The minimum atomic E-state index is -4.33. The van der Waals surface area contributed by atoms with Crippen molar-refractivity contribution in [1.29, 1.82) is 0 Å². The normalized spacial score (nSPS) is 12.1. The quantitative estimate of drug-likeness (QED) is 0.463. The van der Waals surface area contributed by atoms with Crippen LogP contribution in [0.3, 0.4) is 0 Å². The van der Waals surface area contributed by atoms with Crippen LogP contribution in [0.5, 0.6) is 0 Å². The second-order valence-electron chi connectivity index (χ2n) is 6.01. The van der Waals surface area contributed by atoms with E-state index in [1.54, 1.807) is 7.05 Å². The zero-order chi connectivity index (χ0) is 20.0. The Bertz CT molecular complexity index is 918. The molecule has 1 heterocycles. The van der Waals surface area contributed by atoms with Crippen LogP contribution >= 0.6 is 0 Å². The average molecular weight is 388 g/mol. The maximum Gasteiger partial charge on any atom is 0.416 e. The van der Waals surface area contributed by atoms with Gasteiger partial charge in [0, 0.05) is 25.7 Å². The smallest absolute Gasteiger partial charge is 0.352 e. The Balaban J connectivity index is 1.55. The van der Waals surface area contributed by atoms with E-state index in [0.29, 0.717) is 24.9 Å². The molecule has 2 aromatic carbocycles. The second-order valence-corrected chi connectivity index (χ2v) is 6.01. The van der Waals surface area contributed by atoms with Crippen molar-refractivity contribution in [2.24, 2.45) is 4.99 Å². The van der Waals surface area contributed by atoms with Crippen molar-refractivity contribution in [2.75, 3.05) is 7.05 Å². The van der Waals surface area contributed by atoms with Crippen LogP contribution in [0.4, 0.5) is 13.2 Å². The van der Waals surface area contributed by atoms with Crippen molar-refractivity contribution >= 4 is 5.96 Å². The van der Waals surface area contributed by atoms with Gasteiger partial charge in [0.25, 0.3) is 0 Å². The molecule has 0 atom stereocenters. The van der Waals surface area contributed by atoms with E-state index in [1.165, 1.54) is 18.5 Å². The van der Waals surface area contributed by atoms with Gasteiger partial charge >= 0.3 is 6.18 Å². The molecular weight excluding hydrogens is 369 g/mol. The van der Waals surface area contributed by atoms with Crippen molar-refractivity contribution < 1.29 is 13.2 Å². The first-order valence-corrected chi connectivity index (χ1v) is 8.51. The third-order valence-corrected chi connectivity index (χ3v) is 4.04. The number of hydrogen-bond acceptors (Lipinski definition) is 3. The van der Waals surface area contributed by atoms with Gasteiger partial charge in [-0.3, -0.25) is 10.1 Å². The summed E-state index contributed by atoms with van der Waals surface area (Å²) >= 11 is 0. The lowest BCUT2D eigenvalue weighted by Gasteiger charge is -2.13. The van der Waals surface area contributed by atoms with E-state index in [0.717, 1.165) is 28.8 Å². The molecule has 146 valence electrons. The van der Waals surface area contributed by atoms with Gasteiger partial charge in [-0.25, -0.2) is 4.98 Å². The minimum Gasteiger partial charge on any atom is -0.352 e. The summed E-state index contributed by atoms with van der Waals surface area (Å²) in [4.78, 5) is 8.26. The zero-order valence-corrected chi connectivity index (χ0v) is 15.1. The first kappa shape index (κ1) is 19.4. The van der Waals surface area contributed by atoms with E-state index in [1.807, 2.05) is 24.3 Å². The number of H-pyrrole nitrogens is 1. The fourth-order valence-electron chi connectivity index (χ4n) is 2.58. The van der Waals surface area contributed by atoms with Gasteiger partial charge in [0.15, 0.2) is 11.8 Å². The van der Waals surface area contributed by atoms with E-state index >= 15 is 0 Å². The SMILES string of the molecule is CN=C(NCc1ccc(C(F)(F)F)cc1)NCc1cccc(-c2ncn[nH]2)c1. The Morgan fingerprint density at radius 3 is 2.36 bits per heavy atom. The van der Waals surface area contributed by atoms with Crippen molar-refractivity contribution in [3.05, 3.63) is 71.5 Å². The van der Waals surface area contributed by atoms with Crippen LogP contribution in [0.25, 0.3) is 11.4 Å². The fraction of sp³-hybridized carbons (Fsp3) is 0.211. The van der Waals surface area contributed by atoms with Crippen molar-refractivity contribution in [3.8, 4) is 11.4 Å².